The van der Waals surface area contributed by atoms with Crippen LogP contribution in [0.4, 0.5) is 5.69 Å². The van der Waals surface area contributed by atoms with Crippen molar-refractivity contribution in [1.82, 2.24) is 10.3 Å². The van der Waals surface area contributed by atoms with E-state index >= 15 is 0 Å². The molecule has 0 aliphatic carbocycles. The Morgan fingerprint density at radius 1 is 1.48 bits per heavy atom. The standard InChI is InChI=1S/C17H15ClN4O5/c18-14-4-3-11(6-15(14)22(25)26)8-19-20-17(24)12-7-16(23)21(9-12)10-13-2-1-5-27-13/h1-6,8,12H,7,9-10H2,(H,20,24)/b19-8+. The van der Waals surface area contributed by atoms with Crippen molar-refractivity contribution in [3.63, 3.8) is 0 Å². The summed E-state index contributed by atoms with van der Waals surface area (Å²) in [5, 5.41) is 14.7. The molecule has 1 saturated heterocycles. The van der Waals surface area contributed by atoms with E-state index < -0.39 is 16.7 Å². The molecule has 1 fully saturated rings. The van der Waals surface area contributed by atoms with Crippen molar-refractivity contribution in [3.8, 4) is 0 Å². The third kappa shape index (κ3) is 4.50. The van der Waals surface area contributed by atoms with Crippen LogP contribution in [-0.4, -0.2) is 34.4 Å². The highest BCUT2D eigenvalue weighted by Crippen LogP contribution is 2.24. The fourth-order valence-corrected chi connectivity index (χ4v) is 2.89. The second-order valence-corrected chi connectivity index (χ2v) is 6.36. The lowest BCUT2D eigenvalue weighted by atomic mass is 10.1. The third-order valence-corrected chi connectivity index (χ3v) is 4.39. The van der Waals surface area contributed by atoms with Crippen LogP contribution in [-0.2, 0) is 16.1 Å². The second-order valence-electron chi connectivity index (χ2n) is 5.96. The SMILES string of the molecule is O=C(N/N=C/c1ccc(Cl)c([N+](=O)[O-])c1)C1CC(=O)N(Cc2ccco2)C1. The molecule has 0 radical (unpaired) electrons. The van der Waals surface area contributed by atoms with Crippen LogP contribution < -0.4 is 5.43 Å². The number of nitro benzene ring substituents is 1. The molecule has 9 nitrogen and oxygen atoms in total. The number of nitrogens with zero attached hydrogens (tertiary/aromatic N) is 3. The second kappa shape index (κ2) is 8.00. The first-order valence-corrected chi connectivity index (χ1v) is 8.39. The maximum absolute atomic E-state index is 12.2. The van der Waals surface area contributed by atoms with Crippen molar-refractivity contribution in [2.45, 2.75) is 13.0 Å². The van der Waals surface area contributed by atoms with Crippen LogP contribution in [0.2, 0.25) is 5.02 Å². The molecule has 1 aliphatic rings. The highest BCUT2D eigenvalue weighted by molar-refractivity contribution is 6.32. The maximum Gasteiger partial charge on any atom is 0.288 e. The van der Waals surface area contributed by atoms with Crippen LogP contribution in [0.3, 0.4) is 0 Å². The van der Waals surface area contributed by atoms with Crippen molar-refractivity contribution in [3.05, 3.63) is 63.1 Å². The van der Waals surface area contributed by atoms with Gasteiger partial charge in [-0.15, -0.1) is 0 Å². The van der Waals surface area contributed by atoms with Gasteiger partial charge in [0.1, 0.15) is 10.8 Å². The zero-order valence-corrected chi connectivity index (χ0v) is 14.8. The Bertz CT molecular complexity index is 897. The number of halogens is 1. The summed E-state index contributed by atoms with van der Waals surface area (Å²) in [7, 11) is 0. The first-order chi connectivity index (χ1) is 12.9. The van der Waals surface area contributed by atoms with E-state index in [1.165, 1.54) is 30.7 Å². The van der Waals surface area contributed by atoms with Gasteiger partial charge >= 0.3 is 0 Å². The molecule has 1 aliphatic heterocycles. The predicted molar refractivity (Wildman–Crippen MR) is 96.1 cm³/mol. The average molecular weight is 391 g/mol. The minimum atomic E-state index is -0.601. The number of benzene rings is 1. The number of hydrogen-bond acceptors (Lipinski definition) is 6. The van der Waals surface area contributed by atoms with Gasteiger partial charge < -0.3 is 9.32 Å². The number of nitrogens with one attached hydrogen (secondary N) is 1. The number of hydrogen-bond donors (Lipinski definition) is 1. The van der Waals surface area contributed by atoms with Crippen molar-refractivity contribution < 1.29 is 18.9 Å². The number of likely N-dealkylation sites (tertiary alicyclic amines) is 1. The molecule has 1 atom stereocenters. The number of furan rings is 1. The normalized spacial score (nSPS) is 16.9. The average Bonchev–Trinajstić information content (AvgIpc) is 3.27. The van der Waals surface area contributed by atoms with E-state index in [1.807, 2.05) is 0 Å². The van der Waals surface area contributed by atoms with Crippen molar-refractivity contribution in [1.29, 1.82) is 0 Å². The Morgan fingerprint density at radius 3 is 3.00 bits per heavy atom. The van der Waals surface area contributed by atoms with E-state index in [2.05, 4.69) is 10.5 Å². The Balaban J connectivity index is 1.56. The monoisotopic (exact) mass is 390 g/mol. The molecule has 2 heterocycles. The molecule has 1 N–H and O–H groups in total. The fourth-order valence-electron chi connectivity index (χ4n) is 2.70. The molecule has 27 heavy (non-hydrogen) atoms. The molecule has 1 unspecified atom stereocenters. The highest BCUT2D eigenvalue weighted by atomic mass is 35.5. The molecule has 140 valence electrons. The van der Waals surface area contributed by atoms with Crippen LogP contribution in [0.5, 0.6) is 0 Å². The lowest BCUT2D eigenvalue weighted by Gasteiger charge is -2.14. The smallest absolute Gasteiger partial charge is 0.288 e. The maximum atomic E-state index is 12.2. The summed E-state index contributed by atoms with van der Waals surface area (Å²) in [5.74, 6) is -0.412. The summed E-state index contributed by atoms with van der Waals surface area (Å²) < 4.78 is 5.21. The summed E-state index contributed by atoms with van der Waals surface area (Å²) in [6, 6.07) is 7.66. The Hall–Kier alpha value is -3.20. The van der Waals surface area contributed by atoms with E-state index in [-0.39, 0.29) is 29.6 Å². The molecule has 0 spiro atoms. The van der Waals surface area contributed by atoms with E-state index in [0.717, 1.165) is 0 Å². The van der Waals surface area contributed by atoms with E-state index in [9.17, 15) is 19.7 Å². The summed E-state index contributed by atoms with van der Waals surface area (Å²) in [6.45, 7) is 0.584. The van der Waals surface area contributed by atoms with Gasteiger partial charge in [0.15, 0.2) is 0 Å². The van der Waals surface area contributed by atoms with Gasteiger partial charge in [-0.05, 0) is 18.2 Å². The molecule has 10 heteroatoms. The van der Waals surface area contributed by atoms with Crippen molar-refractivity contribution >= 4 is 35.3 Å². The lowest BCUT2D eigenvalue weighted by molar-refractivity contribution is -0.384. The third-order valence-electron chi connectivity index (χ3n) is 4.07. The number of amides is 2. The van der Waals surface area contributed by atoms with E-state index in [4.69, 9.17) is 16.0 Å². The zero-order valence-electron chi connectivity index (χ0n) is 14.0. The largest absolute Gasteiger partial charge is 0.467 e. The fraction of sp³-hybridized carbons (Fsp3) is 0.235. The molecule has 1 aromatic heterocycles. The Labute approximate surface area is 158 Å². The minimum Gasteiger partial charge on any atom is -0.467 e. The molecule has 2 amide bonds. The van der Waals surface area contributed by atoms with Crippen molar-refractivity contribution in [2.75, 3.05) is 6.54 Å². The predicted octanol–water partition coefficient (Wildman–Crippen LogP) is 2.34. The summed E-state index contributed by atoms with van der Waals surface area (Å²) in [5.41, 5.74) is 2.52. The quantitative estimate of drug-likeness (QED) is 0.461. The lowest BCUT2D eigenvalue weighted by Crippen LogP contribution is -2.30. The van der Waals surface area contributed by atoms with Crippen molar-refractivity contribution in [2.24, 2.45) is 11.0 Å². The Morgan fingerprint density at radius 2 is 2.30 bits per heavy atom. The van der Waals surface area contributed by atoms with Gasteiger partial charge in [0.05, 0.1) is 29.9 Å². The van der Waals surface area contributed by atoms with Crippen LogP contribution in [0.25, 0.3) is 0 Å². The first kappa shape index (κ1) is 18.6. The van der Waals surface area contributed by atoms with E-state index in [1.54, 1.807) is 17.0 Å². The van der Waals surface area contributed by atoms with Gasteiger partial charge in [0.25, 0.3) is 5.69 Å². The van der Waals surface area contributed by atoms with Crippen LogP contribution >= 0.6 is 11.6 Å². The number of rotatable bonds is 6. The van der Waals surface area contributed by atoms with Gasteiger partial charge in [-0.25, -0.2) is 5.43 Å². The van der Waals surface area contributed by atoms with Gasteiger partial charge in [-0.1, -0.05) is 17.7 Å². The zero-order chi connectivity index (χ0) is 19.4. The number of hydrazone groups is 1. The van der Waals surface area contributed by atoms with Gasteiger partial charge in [-0.2, -0.15) is 5.10 Å². The van der Waals surface area contributed by atoms with Crippen LogP contribution in [0.1, 0.15) is 17.7 Å². The molecule has 1 aromatic carbocycles. The summed E-state index contributed by atoms with van der Waals surface area (Å²) in [6.07, 6.45) is 2.89. The number of carbonyl (C=O) groups is 2. The topological polar surface area (TPSA) is 118 Å². The first-order valence-electron chi connectivity index (χ1n) is 8.01. The minimum absolute atomic E-state index is 0.0160. The number of nitro groups is 1. The molecular formula is C17H15ClN4O5. The summed E-state index contributed by atoms with van der Waals surface area (Å²) in [4.78, 5) is 36.1. The highest BCUT2D eigenvalue weighted by Gasteiger charge is 2.34. The van der Waals surface area contributed by atoms with Gasteiger partial charge in [-0.3, -0.25) is 19.7 Å². The molecule has 0 saturated carbocycles. The Kier molecular flexibility index (Phi) is 5.51. The molecule has 3 rings (SSSR count). The van der Waals surface area contributed by atoms with Gasteiger partial charge in [0, 0.05) is 24.6 Å². The number of carbonyl (C=O) groups excluding carboxylic acids is 2. The molecule has 2 aromatic rings. The van der Waals surface area contributed by atoms with Gasteiger partial charge in [0.2, 0.25) is 11.8 Å². The molecular weight excluding hydrogens is 376 g/mol. The van der Waals surface area contributed by atoms with E-state index in [0.29, 0.717) is 17.9 Å². The van der Waals surface area contributed by atoms with Crippen LogP contribution in [0, 0.1) is 16.0 Å². The summed E-state index contributed by atoms with van der Waals surface area (Å²) >= 11 is 5.74. The molecule has 0 bridgehead atoms. The van der Waals surface area contributed by atoms with Crippen LogP contribution in [0.15, 0.2) is 46.1 Å².